The van der Waals surface area contributed by atoms with Gasteiger partial charge in [-0.25, -0.2) is 0 Å². The second-order valence-electron chi connectivity index (χ2n) is 5.19. The quantitative estimate of drug-likeness (QED) is 0.652. The first-order valence-corrected chi connectivity index (χ1v) is 6.77. The SMILES string of the molecule is CC(C)NC(N)=NC1CC(c2cccc(Cl)c2)C1. The molecule has 1 aliphatic rings. The van der Waals surface area contributed by atoms with Crippen molar-refractivity contribution < 1.29 is 0 Å². The lowest BCUT2D eigenvalue weighted by Gasteiger charge is -2.33. The van der Waals surface area contributed by atoms with Crippen molar-refractivity contribution in [3.05, 3.63) is 34.9 Å². The molecular weight excluding hydrogens is 246 g/mol. The molecule has 98 valence electrons. The Kier molecular flexibility index (Phi) is 4.12. The van der Waals surface area contributed by atoms with Gasteiger partial charge in [0.2, 0.25) is 0 Å². The lowest BCUT2D eigenvalue weighted by Crippen LogP contribution is -2.39. The zero-order valence-electron chi connectivity index (χ0n) is 10.9. The summed E-state index contributed by atoms with van der Waals surface area (Å²) >= 11 is 5.99. The van der Waals surface area contributed by atoms with Crippen molar-refractivity contribution in [2.45, 2.75) is 44.7 Å². The van der Waals surface area contributed by atoms with Crippen molar-refractivity contribution in [2.75, 3.05) is 0 Å². The van der Waals surface area contributed by atoms with Gasteiger partial charge in [-0.3, -0.25) is 4.99 Å². The minimum absolute atomic E-state index is 0.331. The Hall–Kier alpha value is -1.22. The number of nitrogens with one attached hydrogen (secondary N) is 1. The predicted molar refractivity (Wildman–Crippen MR) is 77.1 cm³/mol. The molecule has 1 aromatic rings. The van der Waals surface area contributed by atoms with Gasteiger partial charge in [-0.2, -0.15) is 0 Å². The van der Waals surface area contributed by atoms with Gasteiger partial charge in [-0.05, 0) is 50.3 Å². The normalized spacial score (nSPS) is 23.9. The second-order valence-corrected chi connectivity index (χ2v) is 5.63. The van der Waals surface area contributed by atoms with Crippen LogP contribution in [0.5, 0.6) is 0 Å². The minimum atomic E-state index is 0.331. The Bertz CT molecular complexity index is 436. The topological polar surface area (TPSA) is 50.4 Å². The van der Waals surface area contributed by atoms with Crippen molar-refractivity contribution in [3.8, 4) is 0 Å². The Morgan fingerprint density at radius 2 is 2.17 bits per heavy atom. The van der Waals surface area contributed by atoms with E-state index >= 15 is 0 Å². The molecule has 0 atom stereocenters. The summed E-state index contributed by atoms with van der Waals surface area (Å²) in [5.41, 5.74) is 7.12. The van der Waals surface area contributed by atoms with Crippen LogP contribution in [-0.2, 0) is 0 Å². The smallest absolute Gasteiger partial charge is 0.189 e. The van der Waals surface area contributed by atoms with Gasteiger partial charge in [-0.15, -0.1) is 0 Å². The summed E-state index contributed by atoms with van der Waals surface area (Å²) in [6.07, 6.45) is 2.11. The van der Waals surface area contributed by atoms with Crippen LogP contribution in [0.2, 0.25) is 5.02 Å². The molecule has 0 unspecified atom stereocenters. The van der Waals surface area contributed by atoms with Crippen LogP contribution in [0, 0.1) is 0 Å². The average molecular weight is 266 g/mol. The maximum absolute atomic E-state index is 5.99. The number of nitrogens with zero attached hydrogens (tertiary/aromatic N) is 1. The molecule has 1 aliphatic carbocycles. The molecule has 0 amide bonds. The lowest BCUT2D eigenvalue weighted by molar-refractivity contribution is 0.352. The van der Waals surface area contributed by atoms with E-state index in [-0.39, 0.29) is 0 Å². The van der Waals surface area contributed by atoms with Crippen LogP contribution in [0.3, 0.4) is 0 Å². The zero-order chi connectivity index (χ0) is 13.1. The van der Waals surface area contributed by atoms with Crippen molar-refractivity contribution >= 4 is 17.6 Å². The second kappa shape index (κ2) is 5.61. The Labute approximate surface area is 113 Å². The summed E-state index contributed by atoms with van der Waals surface area (Å²) in [7, 11) is 0. The molecule has 0 heterocycles. The molecule has 0 aromatic heterocycles. The third-order valence-corrected chi connectivity index (χ3v) is 3.43. The number of hydrogen-bond donors (Lipinski definition) is 2. The molecule has 0 bridgehead atoms. The third kappa shape index (κ3) is 3.39. The number of benzene rings is 1. The molecule has 1 saturated carbocycles. The molecule has 18 heavy (non-hydrogen) atoms. The number of guanidine groups is 1. The highest BCUT2D eigenvalue weighted by atomic mass is 35.5. The first-order chi connectivity index (χ1) is 8.54. The molecule has 3 N–H and O–H groups in total. The van der Waals surface area contributed by atoms with E-state index in [2.05, 4.69) is 30.2 Å². The van der Waals surface area contributed by atoms with Crippen LogP contribution in [0.1, 0.15) is 38.2 Å². The Morgan fingerprint density at radius 1 is 1.44 bits per heavy atom. The number of rotatable bonds is 3. The summed E-state index contributed by atoms with van der Waals surface area (Å²) in [6, 6.07) is 8.76. The Balaban J connectivity index is 1.87. The summed E-state index contributed by atoms with van der Waals surface area (Å²) < 4.78 is 0. The molecule has 3 nitrogen and oxygen atoms in total. The molecular formula is C14H20ClN3. The van der Waals surface area contributed by atoms with Crippen LogP contribution in [0.4, 0.5) is 0 Å². The fourth-order valence-electron chi connectivity index (χ4n) is 2.26. The summed E-state index contributed by atoms with van der Waals surface area (Å²) in [4.78, 5) is 4.47. The molecule has 0 spiro atoms. The summed E-state index contributed by atoms with van der Waals surface area (Å²) in [5, 5.41) is 3.92. The summed E-state index contributed by atoms with van der Waals surface area (Å²) in [6.45, 7) is 4.11. The van der Waals surface area contributed by atoms with E-state index < -0.39 is 0 Å². The van der Waals surface area contributed by atoms with Crippen LogP contribution >= 0.6 is 11.6 Å². The summed E-state index contributed by atoms with van der Waals surface area (Å²) in [5.74, 6) is 1.13. The fraction of sp³-hybridized carbons (Fsp3) is 0.500. The highest BCUT2D eigenvalue weighted by molar-refractivity contribution is 6.30. The van der Waals surface area contributed by atoms with Gasteiger partial charge in [0.1, 0.15) is 0 Å². The van der Waals surface area contributed by atoms with Gasteiger partial charge in [0.15, 0.2) is 5.96 Å². The van der Waals surface area contributed by atoms with Crippen molar-refractivity contribution in [3.63, 3.8) is 0 Å². The van der Waals surface area contributed by atoms with Gasteiger partial charge in [0, 0.05) is 11.1 Å². The van der Waals surface area contributed by atoms with E-state index in [0.29, 0.717) is 24.0 Å². The maximum Gasteiger partial charge on any atom is 0.189 e. The molecule has 1 aromatic carbocycles. The van der Waals surface area contributed by atoms with Gasteiger partial charge in [0.25, 0.3) is 0 Å². The van der Waals surface area contributed by atoms with Crippen molar-refractivity contribution in [1.82, 2.24) is 5.32 Å². The molecule has 0 radical (unpaired) electrons. The van der Waals surface area contributed by atoms with Gasteiger partial charge >= 0.3 is 0 Å². The maximum atomic E-state index is 5.99. The first-order valence-electron chi connectivity index (χ1n) is 6.40. The number of nitrogens with two attached hydrogens (primary N) is 1. The molecule has 1 fully saturated rings. The molecule has 4 heteroatoms. The van der Waals surface area contributed by atoms with E-state index in [0.717, 1.165) is 17.9 Å². The van der Waals surface area contributed by atoms with Crippen LogP contribution < -0.4 is 11.1 Å². The standard InChI is InChI=1S/C14H20ClN3/c1-9(2)17-14(16)18-13-7-11(8-13)10-4-3-5-12(15)6-10/h3-6,9,11,13H,7-8H2,1-2H3,(H3,16,17,18). The van der Waals surface area contributed by atoms with E-state index in [1.165, 1.54) is 5.56 Å². The molecule has 2 rings (SSSR count). The third-order valence-electron chi connectivity index (χ3n) is 3.19. The van der Waals surface area contributed by atoms with E-state index in [9.17, 15) is 0 Å². The van der Waals surface area contributed by atoms with E-state index in [1.807, 2.05) is 18.2 Å². The number of aliphatic imine (C=N–C) groups is 1. The number of hydrogen-bond acceptors (Lipinski definition) is 1. The minimum Gasteiger partial charge on any atom is -0.370 e. The zero-order valence-corrected chi connectivity index (χ0v) is 11.6. The molecule has 0 saturated heterocycles. The number of halogens is 1. The largest absolute Gasteiger partial charge is 0.370 e. The van der Waals surface area contributed by atoms with Crippen LogP contribution in [0.15, 0.2) is 29.3 Å². The Morgan fingerprint density at radius 3 is 2.78 bits per heavy atom. The predicted octanol–water partition coefficient (Wildman–Crippen LogP) is 2.90. The van der Waals surface area contributed by atoms with Gasteiger partial charge in [-0.1, -0.05) is 23.7 Å². The van der Waals surface area contributed by atoms with E-state index in [4.69, 9.17) is 17.3 Å². The molecule has 0 aliphatic heterocycles. The van der Waals surface area contributed by atoms with Crippen molar-refractivity contribution in [1.29, 1.82) is 0 Å². The fourth-order valence-corrected chi connectivity index (χ4v) is 2.45. The van der Waals surface area contributed by atoms with E-state index in [1.54, 1.807) is 0 Å². The highest BCUT2D eigenvalue weighted by Gasteiger charge is 2.30. The monoisotopic (exact) mass is 265 g/mol. The first kappa shape index (κ1) is 13.2. The van der Waals surface area contributed by atoms with Crippen LogP contribution in [0.25, 0.3) is 0 Å². The average Bonchev–Trinajstić information content (AvgIpc) is 2.21. The van der Waals surface area contributed by atoms with Crippen LogP contribution in [-0.4, -0.2) is 18.0 Å². The van der Waals surface area contributed by atoms with Gasteiger partial charge < -0.3 is 11.1 Å². The van der Waals surface area contributed by atoms with Crippen molar-refractivity contribution in [2.24, 2.45) is 10.7 Å². The van der Waals surface area contributed by atoms with Gasteiger partial charge in [0.05, 0.1) is 6.04 Å². The lowest BCUT2D eigenvalue weighted by atomic mass is 9.76. The highest BCUT2D eigenvalue weighted by Crippen LogP contribution is 2.39.